The molecule has 0 aromatic heterocycles. The zero-order valence-corrected chi connectivity index (χ0v) is 63.0. The Labute approximate surface area is 668 Å². The quantitative estimate of drug-likeness (QED) is 0.0803. The van der Waals surface area contributed by atoms with Crippen molar-refractivity contribution in [1.29, 1.82) is 0 Å². The summed E-state index contributed by atoms with van der Waals surface area (Å²) in [4.78, 5) is 0. The summed E-state index contributed by atoms with van der Waals surface area (Å²) < 4.78 is 0. The molecule has 0 saturated heterocycles. The summed E-state index contributed by atoms with van der Waals surface area (Å²) in [5.74, 6) is 0. The molecular weight excluding hydrogens is 1370 g/mol. The first kappa shape index (κ1) is 69.6. The second-order valence-electron chi connectivity index (χ2n) is 29.0. The molecule has 0 amide bonds. The van der Waals surface area contributed by atoms with Crippen LogP contribution >= 0.6 is 0 Å². The lowest BCUT2D eigenvalue weighted by Crippen LogP contribution is -2.06. The molecule has 0 N–H and O–H groups in total. The van der Waals surface area contributed by atoms with Crippen LogP contribution in [0.1, 0.15) is 0 Å². The van der Waals surface area contributed by atoms with Gasteiger partial charge in [-0.15, -0.1) is 0 Å². The number of rotatable bonds is 18. The number of hydrogen-bond acceptors (Lipinski definition) is 0. The topological polar surface area (TPSA) is 0 Å². The minimum absolute atomic E-state index is 1.07. The first-order valence-corrected chi connectivity index (χ1v) is 39.4. The minimum atomic E-state index is 1.07. The molecule has 0 nitrogen and oxygen atoms in total. The van der Waals surface area contributed by atoms with Crippen molar-refractivity contribution in [1.82, 2.24) is 0 Å². The van der Waals surface area contributed by atoms with Crippen molar-refractivity contribution in [3.05, 3.63) is 473 Å². The van der Waals surface area contributed by atoms with E-state index in [0.29, 0.717) is 0 Å². The van der Waals surface area contributed by atoms with Gasteiger partial charge in [-0.1, -0.05) is 473 Å². The van der Waals surface area contributed by atoms with Gasteiger partial charge in [0, 0.05) is 0 Å². The number of benzene rings is 19. The smallest absolute Gasteiger partial charge is 0.000718 e. The Morgan fingerprint density at radius 1 is 0.0614 bits per heavy atom. The minimum Gasteiger partial charge on any atom is -0.0622 e. The first-order chi connectivity index (χ1) is 56.7. The Bertz CT molecular complexity index is 5600. The molecule has 0 fully saturated rings. The maximum atomic E-state index is 2.44. The summed E-state index contributed by atoms with van der Waals surface area (Å²) >= 11 is 0. The third-order valence-electron chi connectivity index (χ3n) is 22.5. The molecule has 0 heteroatoms. The zero-order chi connectivity index (χ0) is 75.9. The molecule has 0 bridgehead atoms. The molecule has 0 atom stereocenters. The van der Waals surface area contributed by atoms with Crippen LogP contribution in [0.2, 0.25) is 0 Å². The molecule has 0 aliphatic rings. The maximum absolute atomic E-state index is 2.44. The van der Waals surface area contributed by atoms with E-state index in [1.165, 1.54) is 0 Å². The highest BCUT2D eigenvalue weighted by Gasteiger charge is 2.36. The van der Waals surface area contributed by atoms with Crippen LogP contribution in [-0.2, 0) is 0 Å². The van der Waals surface area contributed by atoms with E-state index < -0.39 is 0 Å². The van der Waals surface area contributed by atoms with Crippen molar-refractivity contribution in [2.45, 2.75) is 0 Å². The van der Waals surface area contributed by atoms with Crippen LogP contribution in [0.25, 0.3) is 200 Å². The Kier molecular flexibility index (Phi) is 19.3. The summed E-state index contributed by atoms with van der Waals surface area (Å²) in [5, 5.41) is 0. The summed E-state index contributed by atoms with van der Waals surface area (Å²) in [6.07, 6.45) is 0. The van der Waals surface area contributed by atoms with Crippen LogP contribution in [-0.4, -0.2) is 0 Å². The van der Waals surface area contributed by atoms with Gasteiger partial charge in [0.2, 0.25) is 0 Å². The predicted octanol–water partition coefficient (Wildman–Crippen LogP) is 31.7. The van der Waals surface area contributed by atoms with E-state index in [2.05, 4.69) is 473 Å². The molecule has 19 aromatic rings. The van der Waals surface area contributed by atoms with E-state index in [1.54, 1.807) is 0 Å². The molecule has 19 aromatic carbocycles. The fourth-order valence-electron chi connectivity index (χ4n) is 17.5. The van der Waals surface area contributed by atoms with E-state index in [0.717, 1.165) is 200 Å². The predicted molar refractivity (Wildman–Crippen MR) is 484 cm³/mol. The van der Waals surface area contributed by atoms with Crippen LogP contribution in [0.4, 0.5) is 0 Å². The maximum Gasteiger partial charge on any atom is -0.000718 e. The Balaban J connectivity index is 1.12. The summed E-state index contributed by atoms with van der Waals surface area (Å²) in [7, 11) is 0. The molecule has 0 saturated carbocycles. The van der Waals surface area contributed by atoms with Crippen LogP contribution in [0.15, 0.2) is 473 Å². The van der Waals surface area contributed by atoms with Crippen LogP contribution in [0, 0.1) is 0 Å². The molecule has 534 valence electrons. The monoisotopic (exact) mass is 1450 g/mol. The van der Waals surface area contributed by atoms with Crippen LogP contribution in [0.3, 0.4) is 0 Å². The first-order valence-electron chi connectivity index (χ1n) is 39.4. The molecule has 0 aliphatic carbocycles. The highest BCUT2D eigenvalue weighted by atomic mass is 14.4. The zero-order valence-electron chi connectivity index (χ0n) is 63.0. The lowest BCUT2D eigenvalue weighted by atomic mass is 9.69. The number of hydrogen-bond donors (Lipinski definition) is 0. The van der Waals surface area contributed by atoms with Gasteiger partial charge in [0.15, 0.2) is 0 Å². The molecule has 0 aliphatic heterocycles. The van der Waals surface area contributed by atoms with E-state index in [-0.39, 0.29) is 0 Å². The summed E-state index contributed by atoms with van der Waals surface area (Å²) in [6.45, 7) is 0. The van der Waals surface area contributed by atoms with Crippen LogP contribution in [0.5, 0.6) is 0 Å². The van der Waals surface area contributed by atoms with Gasteiger partial charge in [0.1, 0.15) is 0 Å². The van der Waals surface area contributed by atoms with Gasteiger partial charge in [-0.2, -0.15) is 0 Å². The van der Waals surface area contributed by atoms with Crippen molar-refractivity contribution in [3.8, 4) is 200 Å². The third kappa shape index (κ3) is 13.2. The Morgan fingerprint density at radius 2 is 0.140 bits per heavy atom. The van der Waals surface area contributed by atoms with E-state index in [9.17, 15) is 0 Å². The van der Waals surface area contributed by atoms with E-state index in [1.807, 2.05) is 0 Å². The standard InChI is InChI=1S/C114H78/c1-7-43-79(44-8-1)85-55-19-25-61-91(85)97-67-31-37-73-103(97)109-110(104-74-38-32-68-98(104)92-62-26-20-56-86(92)80-45-9-2-10-46-80)112(106-76-40-34-70-100(106)94-64-28-22-58-88(94)82-49-13-4-14-50-82)114(108-78-42-36-72-102(108)96-66-30-24-60-90(96)84-53-17-6-18-54-84)113(107-77-41-35-71-101(107)95-65-29-23-59-89(95)83-51-15-5-16-52-83)111(109)105-75-39-33-69-99(105)93-63-27-21-57-87(93)81-47-11-3-12-48-81/h1-78H. The third-order valence-corrected chi connectivity index (χ3v) is 22.5. The SMILES string of the molecule is c1ccc(-c2ccccc2-c2ccccc2-c2c(-c3ccccc3-c3ccccc3-c3ccccc3)c(-c3ccccc3-c3ccccc3-c3ccccc3)c(-c3ccccc3-c3ccccc3-c3ccccc3)c(-c3ccccc3-c3ccccc3-c3ccccc3)c2-c2ccccc2-c2ccccc2-c2ccccc2)cc1. The summed E-state index contributed by atoms with van der Waals surface area (Å²) in [5.41, 5.74) is 39.8. The fraction of sp³-hybridized carbons (Fsp3) is 0. The highest BCUT2D eigenvalue weighted by Crippen LogP contribution is 2.63. The Morgan fingerprint density at radius 3 is 0.254 bits per heavy atom. The highest BCUT2D eigenvalue weighted by molar-refractivity contribution is 6.22. The lowest BCUT2D eigenvalue weighted by molar-refractivity contribution is 1.49. The van der Waals surface area contributed by atoms with E-state index >= 15 is 0 Å². The van der Waals surface area contributed by atoms with Crippen molar-refractivity contribution in [3.63, 3.8) is 0 Å². The van der Waals surface area contributed by atoms with Gasteiger partial charge in [0.25, 0.3) is 0 Å². The van der Waals surface area contributed by atoms with Gasteiger partial charge >= 0.3 is 0 Å². The molecule has 0 spiro atoms. The van der Waals surface area contributed by atoms with Gasteiger partial charge in [-0.25, -0.2) is 0 Å². The van der Waals surface area contributed by atoms with E-state index in [4.69, 9.17) is 0 Å². The average molecular weight is 1450 g/mol. The van der Waals surface area contributed by atoms with Gasteiger partial charge in [-0.05, 0) is 200 Å². The molecule has 19 rings (SSSR count). The van der Waals surface area contributed by atoms with Crippen molar-refractivity contribution in [2.75, 3.05) is 0 Å². The normalized spacial score (nSPS) is 11.2. The molecule has 0 heterocycles. The van der Waals surface area contributed by atoms with Gasteiger partial charge < -0.3 is 0 Å². The van der Waals surface area contributed by atoms with Crippen LogP contribution < -0.4 is 0 Å². The second-order valence-corrected chi connectivity index (χ2v) is 29.0. The Hall–Kier alpha value is -14.8. The second kappa shape index (κ2) is 31.6. The molecule has 0 unspecified atom stereocenters. The summed E-state index contributed by atoms with van der Waals surface area (Å²) in [6, 6.07) is 176. The largest absolute Gasteiger partial charge is 0.0622 e. The average Bonchev–Trinajstić information content (AvgIpc) is 0.695. The van der Waals surface area contributed by atoms with Crippen molar-refractivity contribution in [2.24, 2.45) is 0 Å². The van der Waals surface area contributed by atoms with Crippen molar-refractivity contribution < 1.29 is 0 Å². The lowest BCUT2D eigenvalue weighted by Gasteiger charge is -2.33. The fourth-order valence-corrected chi connectivity index (χ4v) is 17.5. The molecule has 0 radical (unpaired) electrons. The van der Waals surface area contributed by atoms with Gasteiger partial charge in [0.05, 0.1) is 0 Å². The van der Waals surface area contributed by atoms with Crippen molar-refractivity contribution >= 4 is 0 Å². The van der Waals surface area contributed by atoms with Gasteiger partial charge in [-0.3, -0.25) is 0 Å². The molecular formula is C114H78. The molecule has 114 heavy (non-hydrogen) atoms.